The molecule has 0 radical (unpaired) electrons. The molecule has 0 amide bonds. The molecule has 2 heteroatoms. The molecule has 0 spiro atoms. The molecule has 80 valence electrons. The number of nitrogens with zero attached hydrogens (tertiary/aromatic N) is 1. The maximum atomic E-state index is 8.78. The molecule has 0 saturated heterocycles. The zero-order valence-electron chi connectivity index (χ0n) is 9.46. The van der Waals surface area contributed by atoms with Gasteiger partial charge in [-0.1, -0.05) is 31.2 Å². The van der Waals surface area contributed by atoms with Crippen molar-refractivity contribution >= 4 is 0 Å². The van der Waals surface area contributed by atoms with E-state index in [0.717, 1.165) is 12.8 Å². The Balaban J connectivity index is 2.56. The number of aryl methyl sites for hydroxylation is 2. The number of nitriles is 1. The zero-order valence-corrected chi connectivity index (χ0v) is 9.46. The normalized spacial score (nSPS) is 14.3. The van der Waals surface area contributed by atoms with Crippen LogP contribution in [0.15, 0.2) is 24.3 Å². The lowest BCUT2D eigenvalue weighted by Crippen LogP contribution is -2.34. The fraction of sp³-hybridized carbons (Fsp3) is 0.462. The molecule has 0 bridgehead atoms. The minimum absolute atomic E-state index is 0.703. The molecule has 1 rings (SSSR count). The molecule has 0 aromatic heterocycles. The van der Waals surface area contributed by atoms with Gasteiger partial charge in [0, 0.05) is 0 Å². The first-order valence-corrected chi connectivity index (χ1v) is 5.35. The van der Waals surface area contributed by atoms with Gasteiger partial charge in [-0.25, -0.2) is 0 Å². The van der Waals surface area contributed by atoms with Crippen LogP contribution in [0.3, 0.4) is 0 Å². The Morgan fingerprint density at radius 1 is 1.27 bits per heavy atom. The van der Waals surface area contributed by atoms with Gasteiger partial charge in [-0.05, 0) is 37.3 Å². The fourth-order valence-electron chi connectivity index (χ4n) is 1.40. The van der Waals surface area contributed by atoms with Crippen molar-refractivity contribution in [3.05, 3.63) is 35.4 Å². The number of hydrogen-bond donors (Lipinski definition) is 1. The van der Waals surface area contributed by atoms with Crippen LogP contribution in [0.4, 0.5) is 0 Å². The molecular formula is C13H18N2. The predicted octanol–water partition coefficient (Wildman–Crippen LogP) is 2.42. The van der Waals surface area contributed by atoms with Crippen LogP contribution < -0.4 is 5.73 Å². The van der Waals surface area contributed by atoms with E-state index in [-0.39, 0.29) is 0 Å². The highest BCUT2D eigenvalue weighted by molar-refractivity contribution is 5.23. The number of rotatable bonds is 4. The van der Waals surface area contributed by atoms with E-state index in [1.54, 1.807) is 6.92 Å². The van der Waals surface area contributed by atoms with Crippen LogP contribution >= 0.6 is 0 Å². The van der Waals surface area contributed by atoms with Crippen LogP contribution in [-0.4, -0.2) is 5.54 Å². The second-order valence-electron chi connectivity index (χ2n) is 4.20. The molecule has 1 aromatic rings. The van der Waals surface area contributed by atoms with E-state index in [1.165, 1.54) is 11.1 Å². The third-order valence-electron chi connectivity index (χ3n) is 2.62. The summed E-state index contributed by atoms with van der Waals surface area (Å²) in [6.45, 7) is 3.91. The molecule has 0 saturated carbocycles. The summed E-state index contributed by atoms with van der Waals surface area (Å²) in [5.74, 6) is 0. The smallest absolute Gasteiger partial charge is 0.101 e. The Kier molecular flexibility index (Phi) is 3.88. The van der Waals surface area contributed by atoms with Crippen molar-refractivity contribution < 1.29 is 0 Å². The number of nitrogens with two attached hydrogens (primary N) is 1. The van der Waals surface area contributed by atoms with Gasteiger partial charge in [-0.2, -0.15) is 5.26 Å². The van der Waals surface area contributed by atoms with E-state index in [0.29, 0.717) is 6.42 Å². The molecule has 0 aliphatic carbocycles. The lowest BCUT2D eigenvalue weighted by Gasteiger charge is -2.14. The molecule has 0 heterocycles. The van der Waals surface area contributed by atoms with Crippen molar-refractivity contribution in [3.63, 3.8) is 0 Å². The predicted molar refractivity (Wildman–Crippen MR) is 62.3 cm³/mol. The summed E-state index contributed by atoms with van der Waals surface area (Å²) in [6, 6.07) is 10.6. The lowest BCUT2D eigenvalue weighted by atomic mass is 9.95. The molecule has 0 fully saturated rings. The minimum Gasteiger partial charge on any atom is -0.314 e. The molecule has 2 nitrogen and oxygen atoms in total. The molecule has 1 unspecified atom stereocenters. The summed E-state index contributed by atoms with van der Waals surface area (Å²) in [7, 11) is 0. The van der Waals surface area contributed by atoms with Gasteiger partial charge in [-0.15, -0.1) is 0 Å². The molecule has 0 aliphatic rings. The largest absolute Gasteiger partial charge is 0.314 e. The summed E-state index contributed by atoms with van der Waals surface area (Å²) >= 11 is 0. The highest BCUT2D eigenvalue weighted by Crippen LogP contribution is 2.12. The van der Waals surface area contributed by atoms with Crippen molar-refractivity contribution in [2.24, 2.45) is 5.73 Å². The first-order valence-electron chi connectivity index (χ1n) is 5.35. The molecule has 1 aromatic carbocycles. The minimum atomic E-state index is -0.705. The Labute approximate surface area is 91.7 Å². The van der Waals surface area contributed by atoms with Gasteiger partial charge in [0.2, 0.25) is 0 Å². The van der Waals surface area contributed by atoms with Crippen molar-refractivity contribution in [2.45, 2.75) is 38.6 Å². The first kappa shape index (κ1) is 11.7. The SMILES string of the molecule is CCc1ccc(CCC(C)(N)C#N)cc1. The van der Waals surface area contributed by atoms with Crippen molar-refractivity contribution in [1.29, 1.82) is 5.26 Å². The lowest BCUT2D eigenvalue weighted by molar-refractivity contribution is 0.546. The van der Waals surface area contributed by atoms with Gasteiger partial charge in [0.15, 0.2) is 0 Å². The monoisotopic (exact) mass is 202 g/mol. The Morgan fingerprint density at radius 2 is 1.80 bits per heavy atom. The maximum absolute atomic E-state index is 8.78. The van der Waals surface area contributed by atoms with E-state index in [9.17, 15) is 0 Å². The van der Waals surface area contributed by atoms with Gasteiger partial charge < -0.3 is 5.73 Å². The van der Waals surface area contributed by atoms with Crippen molar-refractivity contribution in [3.8, 4) is 6.07 Å². The van der Waals surface area contributed by atoms with Crippen LogP contribution in [0.1, 0.15) is 31.4 Å². The average molecular weight is 202 g/mol. The van der Waals surface area contributed by atoms with E-state index in [2.05, 4.69) is 37.3 Å². The molecule has 15 heavy (non-hydrogen) atoms. The van der Waals surface area contributed by atoms with Gasteiger partial charge in [0.25, 0.3) is 0 Å². The Bertz CT molecular complexity index is 344. The fourth-order valence-corrected chi connectivity index (χ4v) is 1.40. The summed E-state index contributed by atoms with van der Waals surface area (Å²) in [5, 5.41) is 8.78. The molecule has 1 atom stereocenters. The average Bonchev–Trinajstić information content (AvgIpc) is 2.27. The molecule has 2 N–H and O–H groups in total. The second kappa shape index (κ2) is 4.95. The van der Waals surface area contributed by atoms with E-state index >= 15 is 0 Å². The number of benzene rings is 1. The van der Waals surface area contributed by atoms with Crippen LogP contribution in [-0.2, 0) is 12.8 Å². The van der Waals surface area contributed by atoms with Crippen LogP contribution in [0.5, 0.6) is 0 Å². The first-order chi connectivity index (χ1) is 7.07. The molecule has 0 aliphatic heterocycles. The Morgan fingerprint density at radius 3 is 2.27 bits per heavy atom. The van der Waals surface area contributed by atoms with Crippen LogP contribution in [0.2, 0.25) is 0 Å². The second-order valence-corrected chi connectivity index (χ2v) is 4.20. The van der Waals surface area contributed by atoms with Crippen LogP contribution in [0.25, 0.3) is 0 Å². The summed E-state index contributed by atoms with van der Waals surface area (Å²) in [6.07, 6.45) is 2.63. The van der Waals surface area contributed by atoms with E-state index < -0.39 is 5.54 Å². The maximum Gasteiger partial charge on any atom is 0.101 e. The topological polar surface area (TPSA) is 49.8 Å². The van der Waals surface area contributed by atoms with Crippen LogP contribution in [0, 0.1) is 11.3 Å². The van der Waals surface area contributed by atoms with Gasteiger partial charge in [0.05, 0.1) is 6.07 Å². The highest BCUT2D eigenvalue weighted by Gasteiger charge is 2.16. The third-order valence-corrected chi connectivity index (χ3v) is 2.62. The molecular weight excluding hydrogens is 184 g/mol. The van der Waals surface area contributed by atoms with E-state index in [4.69, 9.17) is 11.0 Å². The Hall–Kier alpha value is -1.33. The van der Waals surface area contributed by atoms with E-state index in [1.807, 2.05) is 0 Å². The van der Waals surface area contributed by atoms with Crippen molar-refractivity contribution in [2.75, 3.05) is 0 Å². The van der Waals surface area contributed by atoms with Gasteiger partial charge >= 0.3 is 0 Å². The summed E-state index contributed by atoms with van der Waals surface area (Å²) in [5.41, 5.74) is 7.65. The standard InChI is InChI=1S/C13H18N2/c1-3-11-4-6-12(7-5-11)8-9-13(2,15)10-14/h4-7H,3,8-9,15H2,1-2H3. The quantitative estimate of drug-likeness (QED) is 0.815. The van der Waals surface area contributed by atoms with Gasteiger partial charge in [-0.3, -0.25) is 0 Å². The number of hydrogen-bond acceptors (Lipinski definition) is 2. The van der Waals surface area contributed by atoms with Crippen molar-refractivity contribution in [1.82, 2.24) is 0 Å². The summed E-state index contributed by atoms with van der Waals surface area (Å²) in [4.78, 5) is 0. The third kappa shape index (κ3) is 3.73. The van der Waals surface area contributed by atoms with Gasteiger partial charge in [0.1, 0.15) is 5.54 Å². The highest BCUT2D eigenvalue weighted by atomic mass is 14.7. The summed E-state index contributed by atoms with van der Waals surface area (Å²) < 4.78 is 0. The zero-order chi connectivity index (χ0) is 11.3.